The summed E-state index contributed by atoms with van der Waals surface area (Å²) < 4.78 is 37.0. The Morgan fingerprint density at radius 3 is 2.63 bits per heavy atom. The van der Waals surface area contributed by atoms with Gasteiger partial charge >= 0.3 is 5.97 Å². The van der Waals surface area contributed by atoms with E-state index in [0.717, 1.165) is 7.11 Å². The van der Waals surface area contributed by atoms with Crippen LogP contribution in [0.15, 0.2) is 12.1 Å². The van der Waals surface area contributed by atoms with Crippen LogP contribution in [0.5, 0.6) is 0 Å². The molecule has 1 aromatic rings. The normalized spacial score (nSPS) is 12.1. The smallest absolute Gasteiger partial charge is 0.340 e. The van der Waals surface area contributed by atoms with E-state index in [1.807, 2.05) is 13.8 Å². The number of ether oxygens (including phenoxy) is 2. The lowest BCUT2D eigenvalue weighted by molar-refractivity contribution is 0.0594. The zero-order chi connectivity index (χ0) is 14.4. The summed E-state index contributed by atoms with van der Waals surface area (Å²) in [5, 5.41) is 2.73. The molecule has 0 spiro atoms. The quantitative estimate of drug-likeness (QED) is 0.809. The molecule has 1 aromatic carbocycles. The number of hydrogen-bond acceptors (Lipinski definition) is 4. The second-order valence-electron chi connectivity index (χ2n) is 3.93. The van der Waals surface area contributed by atoms with Gasteiger partial charge in [0.2, 0.25) is 0 Å². The van der Waals surface area contributed by atoms with Crippen molar-refractivity contribution >= 4 is 11.7 Å². The maximum atomic E-state index is 13.7. The molecule has 0 amide bonds. The lowest BCUT2D eigenvalue weighted by atomic mass is 10.1. The number of carbonyl (C=O) groups is 1. The van der Waals surface area contributed by atoms with Gasteiger partial charge in [-0.15, -0.1) is 0 Å². The highest BCUT2D eigenvalue weighted by molar-refractivity contribution is 5.90. The van der Waals surface area contributed by atoms with E-state index in [9.17, 15) is 13.6 Å². The van der Waals surface area contributed by atoms with Gasteiger partial charge in [0.25, 0.3) is 0 Å². The summed E-state index contributed by atoms with van der Waals surface area (Å²) in [5.74, 6) is -3.24. The van der Waals surface area contributed by atoms with Crippen molar-refractivity contribution in [3.05, 3.63) is 29.3 Å². The second kappa shape index (κ2) is 7.04. The Bertz CT molecular complexity index is 452. The molecule has 0 saturated heterocycles. The average Bonchev–Trinajstić information content (AvgIpc) is 2.40. The molecule has 0 heterocycles. The summed E-state index contributed by atoms with van der Waals surface area (Å²) in [5.41, 5.74) is -0.444. The fourth-order valence-corrected chi connectivity index (χ4v) is 1.55. The Hall–Kier alpha value is -1.69. The van der Waals surface area contributed by atoms with Gasteiger partial charge in [0.05, 0.1) is 24.5 Å². The third kappa shape index (κ3) is 3.89. The van der Waals surface area contributed by atoms with E-state index in [4.69, 9.17) is 4.74 Å². The lowest BCUT2D eigenvalue weighted by Crippen LogP contribution is -2.20. The van der Waals surface area contributed by atoms with Crippen LogP contribution in [0.1, 0.15) is 24.2 Å². The van der Waals surface area contributed by atoms with E-state index in [0.29, 0.717) is 13.2 Å². The number of nitrogens with one attached hydrogen (secondary N) is 1. The van der Waals surface area contributed by atoms with Gasteiger partial charge in [-0.2, -0.15) is 0 Å². The maximum absolute atomic E-state index is 13.7. The first-order chi connectivity index (χ1) is 9.01. The maximum Gasteiger partial charge on any atom is 0.340 e. The minimum atomic E-state index is -1.22. The van der Waals surface area contributed by atoms with Crippen molar-refractivity contribution in [3.63, 3.8) is 0 Å². The van der Waals surface area contributed by atoms with Crippen molar-refractivity contribution in [2.45, 2.75) is 20.0 Å². The van der Waals surface area contributed by atoms with Crippen LogP contribution >= 0.6 is 0 Å². The van der Waals surface area contributed by atoms with Crippen LogP contribution in [0.25, 0.3) is 0 Å². The highest BCUT2D eigenvalue weighted by Gasteiger charge is 2.19. The fraction of sp³-hybridized carbons (Fsp3) is 0.462. The highest BCUT2D eigenvalue weighted by atomic mass is 19.2. The summed E-state index contributed by atoms with van der Waals surface area (Å²) in [6, 6.07) is 2.47. The molecule has 1 N–H and O–H groups in total. The number of benzene rings is 1. The molecular formula is C13H17F2NO3. The SMILES string of the molecule is CCOC(C)CNc1ccc(C(=O)OC)c(F)c1F. The van der Waals surface area contributed by atoms with Crippen LogP contribution in [-0.4, -0.2) is 32.3 Å². The Kier molecular flexibility index (Phi) is 5.69. The number of esters is 1. The van der Waals surface area contributed by atoms with Gasteiger partial charge in [-0.25, -0.2) is 13.6 Å². The topological polar surface area (TPSA) is 47.6 Å². The minimum Gasteiger partial charge on any atom is -0.465 e. The Labute approximate surface area is 110 Å². The minimum absolute atomic E-state index is 0.0169. The van der Waals surface area contributed by atoms with E-state index in [1.165, 1.54) is 12.1 Å². The molecule has 1 unspecified atom stereocenters. The number of carbonyl (C=O) groups excluding carboxylic acids is 1. The van der Waals surface area contributed by atoms with Gasteiger partial charge in [-0.05, 0) is 26.0 Å². The zero-order valence-electron chi connectivity index (χ0n) is 11.1. The Morgan fingerprint density at radius 1 is 1.37 bits per heavy atom. The van der Waals surface area contributed by atoms with Crippen molar-refractivity contribution in [2.75, 3.05) is 25.6 Å². The molecule has 0 radical (unpaired) electrons. The number of hydrogen-bond donors (Lipinski definition) is 1. The average molecular weight is 273 g/mol. The molecule has 6 heteroatoms. The van der Waals surface area contributed by atoms with E-state index in [1.54, 1.807) is 0 Å². The first kappa shape index (κ1) is 15.4. The van der Waals surface area contributed by atoms with Gasteiger partial charge in [0.1, 0.15) is 0 Å². The van der Waals surface area contributed by atoms with E-state index < -0.39 is 23.2 Å². The van der Waals surface area contributed by atoms with Crippen LogP contribution in [0.4, 0.5) is 14.5 Å². The molecular weight excluding hydrogens is 256 g/mol. The van der Waals surface area contributed by atoms with Gasteiger partial charge in [-0.1, -0.05) is 0 Å². The molecule has 1 rings (SSSR count). The van der Waals surface area contributed by atoms with Crippen molar-refractivity contribution in [2.24, 2.45) is 0 Å². The monoisotopic (exact) mass is 273 g/mol. The van der Waals surface area contributed by atoms with E-state index in [2.05, 4.69) is 10.1 Å². The zero-order valence-corrected chi connectivity index (χ0v) is 11.1. The molecule has 0 aliphatic heterocycles. The largest absolute Gasteiger partial charge is 0.465 e. The Morgan fingerprint density at radius 2 is 2.05 bits per heavy atom. The molecule has 0 aliphatic carbocycles. The number of halogens is 2. The second-order valence-corrected chi connectivity index (χ2v) is 3.93. The van der Waals surface area contributed by atoms with Crippen molar-refractivity contribution in [3.8, 4) is 0 Å². The van der Waals surface area contributed by atoms with Gasteiger partial charge in [0.15, 0.2) is 11.6 Å². The standard InChI is InChI=1S/C13H17F2NO3/c1-4-19-8(2)7-16-10-6-5-9(13(17)18-3)11(14)12(10)15/h5-6,8,16H,4,7H2,1-3H3. The van der Waals surface area contributed by atoms with Crippen LogP contribution < -0.4 is 5.32 Å². The highest BCUT2D eigenvalue weighted by Crippen LogP contribution is 2.21. The molecule has 0 aromatic heterocycles. The Balaban J connectivity index is 2.82. The van der Waals surface area contributed by atoms with Gasteiger partial charge in [-0.3, -0.25) is 0 Å². The predicted octanol–water partition coefficient (Wildman–Crippen LogP) is 2.59. The van der Waals surface area contributed by atoms with Crippen LogP contribution in [0, 0.1) is 11.6 Å². The molecule has 4 nitrogen and oxygen atoms in total. The first-order valence-corrected chi connectivity index (χ1v) is 5.93. The van der Waals surface area contributed by atoms with Gasteiger partial charge < -0.3 is 14.8 Å². The summed E-state index contributed by atoms with van der Waals surface area (Å²) in [6.45, 7) is 4.54. The summed E-state index contributed by atoms with van der Waals surface area (Å²) >= 11 is 0. The predicted molar refractivity (Wildman–Crippen MR) is 67.3 cm³/mol. The molecule has 106 valence electrons. The van der Waals surface area contributed by atoms with E-state index >= 15 is 0 Å². The lowest BCUT2D eigenvalue weighted by Gasteiger charge is -2.14. The van der Waals surface area contributed by atoms with Crippen LogP contribution in [0.3, 0.4) is 0 Å². The van der Waals surface area contributed by atoms with Gasteiger partial charge in [0, 0.05) is 13.2 Å². The summed E-state index contributed by atoms with van der Waals surface area (Å²) in [4.78, 5) is 11.2. The van der Waals surface area contributed by atoms with Crippen LogP contribution in [-0.2, 0) is 9.47 Å². The molecule has 0 aliphatic rings. The number of rotatable bonds is 6. The summed E-state index contributed by atoms with van der Waals surface area (Å²) in [7, 11) is 1.11. The summed E-state index contributed by atoms with van der Waals surface area (Å²) in [6.07, 6.45) is -0.132. The third-order valence-corrected chi connectivity index (χ3v) is 2.52. The van der Waals surface area contributed by atoms with Crippen molar-refractivity contribution in [1.29, 1.82) is 0 Å². The number of anilines is 1. The van der Waals surface area contributed by atoms with E-state index in [-0.39, 0.29) is 11.8 Å². The molecule has 0 saturated carbocycles. The van der Waals surface area contributed by atoms with Crippen molar-refractivity contribution in [1.82, 2.24) is 0 Å². The van der Waals surface area contributed by atoms with Crippen LogP contribution in [0.2, 0.25) is 0 Å². The first-order valence-electron chi connectivity index (χ1n) is 5.93. The molecule has 19 heavy (non-hydrogen) atoms. The molecule has 0 fully saturated rings. The number of methoxy groups -OCH3 is 1. The third-order valence-electron chi connectivity index (χ3n) is 2.52. The molecule has 0 bridgehead atoms. The fourth-order valence-electron chi connectivity index (χ4n) is 1.55. The van der Waals surface area contributed by atoms with Crippen molar-refractivity contribution < 1.29 is 23.0 Å². The molecule has 1 atom stereocenters.